The molecule has 11 heteroatoms. The molecule has 268 valence electrons. The SMILES string of the molecule is O=C(NC(c1ccccc1)c1cccc(OCc2ccc(C(=O)CNC[C@H](O)c3ccc(O)c4[nH]c(=O)ccc34)cc2)c1)O[C@H]1CN2CCC1CC2. The van der Waals surface area contributed by atoms with Gasteiger partial charge in [0.1, 0.15) is 24.2 Å². The Balaban J connectivity index is 0.932. The molecule has 3 saturated heterocycles. The fraction of sp³-hybridized carbons (Fsp3) is 0.293. The number of ether oxygens (including phenoxy) is 2. The van der Waals surface area contributed by atoms with Gasteiger partial charge in [-0.3, -0.25) is 14.5 Å². The fourth-order valence-corrected chi connectivity index (χ4v) is 7.16. The summed E-state index contributed by atoms with van der Waals surface area (Å²) in [7, 11) is 0. The maximum absolute atomic E-state index is 13.2. The molecule has 1 aromatic heterocycles. The third kappa shape index (κ3) is 8.18. The van der Waals surface area contributed by atoms with Gasteiger partial charge in [0, 0.05) is 30.1 Å². The second-order valence-electron chi connectivity index (χ2n) is 13.5. The minimum absolute atomic E-state index is 0.0103. The Labute approximate surface area is 301 Å². The van der Waals surface area contributed by atoms with E-state index in [0.29, 0.717) is 28.2 Å². The Hall–Kier alpha value is -5.49. The number of amides is 1. The first kappa shape index (κ1) is 34.9. The molecule has 3 aliphatic heterocycles. The van der Waals surface area contributed by atoms with E-state index >= 15 is 0 Å². The number of benzene rings is 4. The van der Waals surface area contributed by atoms with Crippen LogP contribution in [0.15, 0.2) is 108 Å². The summed E-state index contributed by atoms with van der Waals surface area (Å²) in [5, 5.41) is 27.5. The van der Waals surface area contributed by atoms with Crippen molar-refractivity contribution in [3.63, 3.8) is 0 Å². The topological polar surface area (TPSA) is 153 Å². The highest BCUT2D eigenvalue weighted by atomic mass is 16.6. The van der Waals surface area contributed by atoms with Crippen LogP contribution < -0.4 is 20.9 Å². The standard InChI is InChI=1S/C41H42N4O7/c46-34-15-13-32(33-14-16-38(49)43-40(33)34)36(48)23-42-22-35(47)27-11-9-26(10-12-27)25-51-31-8-4-7-30(21-31)39(29-5-2-1-3-6-29)44-41(50)52-37-24-45-19-17-28(37)18-20-45/h1-16,21,28,36-37,39,42,46,48H,17-20,22-25H2,(H,43,49)(H,44,50)/t36-,37-,39?/m0/s1. The highest BCUT2D eigenvalue weighted by molar-refractivity contribution is 5.97. The lowest BCUT2D eigenvalue weighted by Crippen LogP contribution is -2.52. The van der Waals surface area contributed by atoms with E-state index in [4.69, 9.17) is 9.47 Å². The number of ketones is 1. The number of aromatic amines is 1. The number of hydrogen-bond donors (Lipinski definition) is 5. The summed E-state index contributed by atoms with van der Waals surface area (Å²) in [4.78, 5) is 42.7. The number of pyridine rings is 1. The highest BCUT2D eigenvalue weighted by Crippen LogP contribution is 2.31. The number of phenolic OH excluding ortho intramolecular Hbond substituents is 1. The zero-order chi connectivity index (χ0) is 36.0. The van der Waals surface area contributed by atoms with Crippen LogP contribution in [0.25, 0.3) is 10.9 Å². The van der Waals surface area contributed by atoms with E-state index in [9.17, 15) is 24.6 Å². The Morgan fingerprint density at radius 3 is 2.42 bits per heavy atom. The second-order valence-corrected chi connectivity index (χ2v) is 13.5. The maximum atomic E-state index is 13.2. The smallest absolute Gasteiger partial charge is 0.408 e. The number of carbonyl (C=O) groups excluding carboxylic acids is 2. The summed E-state index contributed by atoms with van der Waals surface area (Å²) in [6, 6.07) is 30.1. The molecule has 4 aromatic carbocycles. The number of aliphatic hydroxyl groups excluding tert-OH is 1. The molecule has 2 bridgehead atoms. The summed E-state index contributed by atoms with van der Waals surface area (Å²) >= 11 is 0. The van der Waals surface area contributed by atoms with Gasteiger partial charge in [0.25, 0.3) is 0 Å². The van der Waals surface area contributed by atoms with Crippen LogP contribution in [0.5, 0.6) is 11.5 Å². The highest BCUT2D eigenvalue weighted by Gasteiger charge is 2.37. The summed E-state index contributed by atoms with van der Waals surface area (Å²) in [6.07, 6.45) is 0.639. The molecule has 0 aliphatic carbocycles. The van der Waals surface area contributed by atoms with E-state index < -0.39 is 18.2 Å². The number of hydrogen-bond acceptors (Lipinski definition) is 9. The molecule has 4 heterocycles. The average Bonchev–Trinajstić information content (AvgIpc) is 3.17. The third-order valence-corrected chi connectivity index (χ3v) is 10.0. The van der Waals surface area contributed by atoms with Gasteiger partial charge in [0.15, 0.2) is 5.78 Å². The van der Waals surface area contributed by atoms with Crippen molar-refractivity contribution in [2.75, 3.05) is 32.7 Å². The number of piperidine rings is 3. The molecular weight excluding hydrogens is 660 g/mol. The van der Waals surface area contributed by atoms with Crippen molar-refractivity contribution in [1.82, 2.24) is 20.5 Å². The number of aliphatic hydroxyl groups is 1. The second kappa shape index (κ2) is 15.8. The number of nitrogens with one attached hydrogen (secondary N) is 3. The van der Waals surface area contributed by atoms with Gasteiger partial charge in [-0.05, 0) is 78.4 Å². The quantitative estimate of drug-likeness (QED) is 0.104. The number of Topliss-reactive ketones (excluding diaryl/α,β-unsaturated/α-hetero) is 1. The molecule has 0 saturated carbocycles. The third-order valence-electron chi connectivity index (χ3n) is 10.0. The number of H-pyrrole nitrogens is 1. The van der Waals surface area contributed by atoms with E-state index in [-0.39, 0.29) is 48.4 Å². The van der Waals surface area contributed by atoms with E-state index in [1.54, 1.807) is 24.3 Å². The maximum Gasteiger partial charge on any atom is 0.408 e. The lowest BCUT2D eigenvalue weighted by atomic mass is 9.86. The van der Waals surface area contributed by atoms with Crippen molar-refractivity contribution in [1.29, 1.82) is 0 Å². The van der Waals surface area contributed by atoms with Crippen molar-refractivity contribution < 1.29 is 29.3 Å². The molecule has 11 nitrogen and oxygen atoms in total. The molecule has 5 aromatic rings. The van der Waals surface area contributed by atoms with Crippen LogP contribution in [-0.4, -0.2) is 70.8 Å². The fourth-order valence-electron chi connectivity index (χ4n) is 7.16. The van der Waals surface area contributed by atoms with Crippen LogP contribution in [0.2, 0.25) is 0 Å². The number of aromatic nitrogens is 1. The van der Waals surface area contributed by atoms with Gasteiger partial charge in [-0.2, -0.15) is 0 Å². The van der Waals surface area contributed by atoms with Crippen molar-refractivity contribution in [2.45, 2.75) is 37.7 Å². The normalized spacial score (nSPS) is 19.1. The van der Waals surface area contributed by atoms with Crippen molar-refractivity contribution >= 4 is 22.8 Å². The Morgan fingerprint density at radius 2 is 1.67 bits per heavy atom. The Morgan fingerprint density at radius 1 is 0.904 bits per heavy atom. The van der Waals surface area contributed by atoms with Crippen LogP contribution >= 0.6 is 0 Å². The van der Waals surface area contributed by atoms with E-state index in [1.165, 1.54) is 12.1 Å². The Bertz CT molecular complexity index is 2080. The van der Waals surface area contributed by atoms with E-state index in [0.717, 1.165) is 49.2 Å². The first-order valence-electron chi connectivity index (χ1n) is 17.6. The summed E-state index contributed by atoms with van der Waals surface area (Å²) < 4.78 is 12.1. The van der Waals surface area contributed by atoms with Gasteiger partial charge >= 0.3 is 6.09 Å². The molecule has 3 atom stereocenters. The van der Waals surface area contributed by atoms with E-state index in [1.807, 2.05) is 66.7 Å². The predicted molar refractivity (Wildman–Crippen MR) is 196 cm³/mol. The first-order chi connectivity index (χ1) is 25.3. The molecule has 3 aliphatic rings. The molecule has 5 N–H and O–H groups in total. The van der Waals surface area contributed by atoms with Gasteiger partial charge in [-0.1, -0.05) is 72.8 Å². The van der Waals surface area contributed by atoms with Crippen LogP contribution in [0, 0.1) is 5.92 Å². The van der Waals surface area contributed by atoms with Crippen LogP contribution in [0.1, 0.15) is 57.6 Å². The van der Waals surface area contributed by atoms with Gasteiger partial charge in [0.2, 0.25) is 5.56 Å². The van der Waals surface area contributed by atoms with E-state index in [2.05, 4.69) is 20.5 Å². The van der Waals surface area contributed by atoms with Gasteiger partial charge < -0.3 is 35.3 Å². The largest absolute Gasteiger partial charge is 0.506 e. The predicted octanol–water partition coefficient (Wildman–Crippen LogP) is 5.23. The summed E-state index contributed by atoms with van der Waals surface area (Å²) in [5.41, 5.74) is 3.60. The molecule has 0 spiro atoms. The molecule has 0 radical (unpaired) electrons. The lowest BCUT2D eigenvalue weighted by molar-refractivity contribution is -0.0336. The summed E-state index contributed by atoms with van der Waals surface area (Å²) in [5.74, 6) is 0.831. The average molecular weight is 703 g/mol. The summed E-state index contributed by atoms with van der Waals surface area (Å²) in [6.45, 7) is 3.32. The molecular formula is C41H42N4O7. The lowest BCUT2D eigenvalue weighted by Gasteiger charge is -2.43. The van der Waals surface area contributed by atoms with Crippen molar-refractivity contribution in [3.8, 4) is 11.5 Å². The first-order valence-corrected chi connectivity index (χ1v) is 17.6. The number of aromatic hydroxyl groups is 1. The minimum atomic E-state index is -0.970. The van der Waals surface area contributed by atoms with Crippen molar-refractivity contribution in [2.24, 2.45) is 5.92 Å². The zero-order valence-corrected chi connectivity index (χ0v) is 28.7. The zero-order valence-electron chi connectivity index (χ0n) is 28.7. The number of nitrogens with zero attached hydrogens (tertiary/aromatic N) is 1. The minimum Gasteiger partial charge on any atom is -0.506 e. The van der Waals surface area contributed by atoms with Gasteiger partial charge in [0.05, 0.1) is 24.2 Å². The number of alkyl carbamates (subject to hydrolysis) is 1. The monoisotopic (exact) mass is 702 g/mol. The molecule has 52 heavy (non-hydrogen) atoms. The Kier molecular flexibility index (Phi) is 10.6. The molecule has 3 fully saturated rings. The van der Waals surface area contributed by atoms with Gasteiger partial charge in [-0.15, -0.1) is 0 Å². The molecule has 8 rings (SSSR count). The molecule has 1 unspecified atom stereocenters. The number of phenols is 1. The van der Waals surface area contributed by atoms with Crippen molar-refractivity contribution in [3.05, 3.63) is 141 Å². The van der Waals surface area contributed by atoms with Crippen LogP contribution in [0.3, 0.4) is 0 Å². The molecule has 1 amide bonds. The number of carbonyl (C=O) groups is 2. The number of fused-ring (bicyclic) bond motifs is 4. The van der Waals surface area contributed by atoms with Crippen LogP contribution in [0.4, 0.5) is 4.79 Å². The number of rotatable bonds is 13. The van der Waals surface area contributed by atoms with Crippen LogP contribution in [-0.2, 0) is 11.3 Å². The van der Waals surface area contributed by atoms with Gasteiger partial charge in [-0.25, -0.2) is 4.79 Å².